The molecule has 0 heterocycles. The van der Waals surface area contributed by atoms with Gasteiger partial charge in [0.1, 0.15) is 5.57 Å². The van der Waals surface area contributed by atoms with Crippen molar-refractivity contribution in [2.45, 2.75) is 6.92 Å². The molecule has 0 aliphatic carbocycles. The van der Waals surface area contributed by atoms with Gasteiger partial charge in [-0.25, -0.2) is 4.79 Å². The van der Waals surface area contributed by atoms with E-state index in [1.165, 1.54) is 6.20 Å². The summed E-state index contributed by atoms with van der Waals surface area (Å²) in [4.78, 5) is 25.6. The fraction of sp³-hybridized carbons (Fsp3) is 0.286. The molecule has 4 nitrogen and oxygen atoms in total. The van der Waals surface area contributed by atoms with Crippen molar-refractivity contribution < 1.29 is 14.3 Å². The number of hydrogen-bond donors (Lipinski definition) is 0. The Bertz CT molecular complexity index is 449. The van der Waals surface area contributed by atoms with E-state index in [9.17, 15) is 9.59 Å². The molecular formula is C14H17NO3. The van der Waals surface area contributed by atoms with Crippen molar-refractivity contribution in [2.75, 3.05) is 20.7 Å². The Balaban J connectivity index is 3.05. The van der Waals surface area contributed by atoms with Crippen molar-refractivity contribution in [1.29, 1.82) is 0 Å². The lowest BCUT2D eigenvalue weighted by Gasteiger charge is -2.10. The first kappa shape index (κ1) is 14.0. The minimum atomic E-state index is -0.597. The number of carbonyl (C=O) groups is 2. The van der Waals surface area contributed by atoms with Gasteiger partial charge in [0.2, 0.25) is 5.78 Å². The quantitative estimate of drug-likeness (QED) is 0.262. The largest absolute Gasteiger partial charge is 0.462 e. The van der Waals surface area contributed by atoms with Crippen molar-refractivity contribution in [3.63, 3.8) is 0 Å². The van der Waals surface area contributed by atoms with Gasteiger partial charge in [0.05, 0.1) is 6.61 Å². The topological polar surface area (TPSA) is 46.6 Å². The van der Waals surface area contributed by atoms with Crippen LogP contribution in [0.2, 0.25) is 0 Å². The molecule has 0 atom stereocenters. The lowest BCUT2D eigenvalue weighted by Crippen LogP contribution is -2.19. The molecule has 0 saturated carbocycles. The Morgan fingerprint density at radius 1 is 1.22 bits per heavy atom. The zero-order valence-corrected chi connectivity index (χ0v) is 10.8. The highest BCUT2D eigenvalue weighted by Gasteiger charge is 2.21. The van der Waals surface area contributed by atoms with E-state index >= 15 is 0 Å². The van der Waals surface area contributed by atoms with Crippen LogP contribution >= 0.6 is 0 Å². The first-order valence-corrected chi connectivity index (χ1v) is 5.71. The number of hydrogen-bond acceptors (Lipinski definition) is 4. The summed E-state index contributed by atoms with van der Waals surface area (Å²) in [5, 5.41) is 0. The van der Waals surface area contributed by atoms with Crippen LogP contribution in [-0.4, -0.2) is 37.4 Å². The highest BCUT2D eigenvalue weighted by molar-refractivity contribution is 6.24. The second kappa shape index (κ2) is 6.59. The molecule has 0 spiro atoms. The van der Waals surface area contributed by atoms with E-state index < -0.39 is 5.97 Å². The van der Waals surface area contributed by atoms with E-state index in [0.717, 1.165) is 0 Å². The SMILES string of the molecule is CCOC(=O)/C(=C/N(C)C)C(=O)c1ccccc1. The van der Waals surface area contributed by atoms with Gasteiger partial charge in [0.15, 0.2) is 0 Å². The number of nitrogens with zero attached hydrogens (tertiary/aromatic N) is 1. The van der Waals surface area contributed by atoms with E-state index in [0.29, 0.717) is 5.56 Å². The zero-order valence-electron chi connectivity index (χ0n) is 10.8. The summed E-state index contributed by atoms with van der Waals surface area (Å²) in [5.41, 5.74) is 0.506. The van der Waals surface area contributed by atoms with Gasteiger partial charge in [0, 0.05) is 25.9 Å². The summed E-state index contributed by atoms with van der Waals surface area (Å²) in [5.74, 6) is -0.928. The van der Waals surface area contributed by atoms with Gasteiger partial charge in [-0.1, -0.05) is 30.3 Å². The van der Waals surface area contributed by atoms with E-state index in [-0.39, 0.29) is 18.0 Å². The van der Waals surface area contributed by atoms with Crippen LogP contribution in [0.15, 0.2) is 42.1 Å². The molecule has 1 rings (SSSR count). The lowest BCUT2D eigenvalue weighted by atomic mass is 10.0. The standard InChI is InChI=1S/C14H17NO3/c1-4-18-14(17)12(10-15(2)3)13(16)11-8-6-5-7-9-11/h5-10H,4H2,1-3H3/b12-10+. The van der Waals surface area contributed by atoms with Crippen LogP contribution in [0.5, 0.6) is 0 Å². The Hall–Kier alpha value is -2.10. The average Bonchev–Trinajstić information content (AvgIpc) is 2.36. The van der Waals surface area contributed by atoms with Crippen LogP contribution in [0.4, 0.5) is 0 Å². The fourth-order valence-corrected chi connectivity index (χ4v) is 1.42. The predicted molar refractivity (Wildman–Crippen MR) is 69.2 cm³/mol. The molecule has 0 fully saturated rings. The molecule has 0 bridgehead atoms. The number of carbonyl (C=O) groups excluding carboxylic acids is 2. The summed E-state index contributed by atoms with van der Waals surface area (Å²) in [6, 6.07) is 8.67. The van der Waals surface area contributed by atoms with Gasteiger partial charge in [-0.15, -0.1) is 0 Å². The predicted octanol–water partition coefficient (Wildman–Crippen LogP) is 1.88. The van der Waals surface area contributed by atoms with Gasteiger partial charge < -0.3 is 9.64 Å². The molecule has 0 saturated heterocycles. The van der Waals surface area contributed by atoms with Crippen LogP contribution in [0, 0.1) is 0 Å². The summed E-state index contributed by atoms with van der Waals surface area (Å²) >= 11 is 0. The zero-order chi connectivity index (χ0) is 13.5. The number of ether oxygens (including phenoxy) is 1. The monoisotopic (exact) mass is 247 g/mol. The van der Waals surface area contributed by atoms with Crippen LogP contribution in [0.3, 0.4) is 0 Å². The summed E-state index contributed by atoms with van der Waals surface area (Å²) in [6.07, 6.45) is 1.48. The molecular weight excluding hydrogens is 230 g/mol. The Morgan fingerprint density at radius 3 is 2.33 bits per heavy atom. The second-order valence-electron chi connectivity index (χ2n) is 3.92. The molecule has 96 valence electrons. The van der Waals surface area contributed by atoms with E-state index in [1.54, 1.807) is 50.2 Å². The maximum absolute atomic E-state index is 12.2. The van der Waals surface area contributed by atoms with Gasteiger partial charge in [-0.3, -0.25) is 4.79 Å². The van der Waals surface area contributed by atoms with Crippen LogP contribution < -0.4 is 0 Å². The number of benzene rings is 1. The molecule has 0 unspecified atom stereocenters. The minimum Gasteiger partial charge on any atom is -0.462 e. The van der Waals surface area contributed by atoms with E-state index in [1.807, 2.05) is 6.07 Å². The summed E-state index contributed by atoms with van der Waals surface area (Å²) in [7, 11) is 3.50. The van der Waals surface area contributed by atoms with Crippen molar-refractivity contribution in [3.8, 4) is 0 Å². The first-order valence-electron chi connectivity index (χ1n) is 5.71. The second-order valence-corrected chi connectivity index (χ2v) is 3.92. The number of esters is 1. The maximum Gasteiger partial charge on any atom is 0.343 e. The maximum atomic E-state index is 12.2. The number of Topliss-reactive ketones (excluding diaryl/α,β-unsaturated/α-hetero) is 1. The van der Waals surface area contributed by atoms with E-state index in [4.69, 9.17) is 4.74 Å². The first-order chi connectivity index (χ1) is 8.56. The van der Waals surface area contributed by atoms with Gasteiger partial charge in [0.25, 0.3) is 0 Å². The molecule has 0 N–H and O–H groups in total. The normalized spacial score (nSPS) is 10.9. The Morgan fingerprint density at radius 2 is 1.83 bits per heavy atom. The summed E-state index contributed by atoms with van der Waals surface area (Å²) < 4.78 is 4.89. The Labute approximate surface area is 107 Å². The van der Waals surface area contributed by atoms with Crippen molar-refractivity contribution in [1.82, 2.24) is 4.90 Å². The molecule has 0 aromatic heterocycles. The molecule has 0 aliphatic heterocycles. The minimum absolute atomic E-state index is 0.0352. The van der Waals surface area contributed by atoms with Crippen molar-refractivity contribution >= 4 is 11.8 Å². The smallest absolute Gasteiger partial charge is 0.343 e. The van der Waals surface area contributed by atoms with Crippen LogP contribution in [-0.2, 0) is 9.53 Å². The van der Waals surface area contributed by atoms with Gasteiger partial charge >= 0.3 is 5.97 Å². The highest BCUT2D eigenvalue weighted by Crippen LogP contribution is 2.10. The summed E-state index contributed by atoms with van der Waals surface area (Å²) in [6.45, 7) is 1.95. The highest BCUT2D eigenvalue weighted by atomic mass is 16.5. The van der Waals surface area contributed by atoms with Gasteiger partial charge in [-0.2, -0.15) is 0 Å². The third-order valence-corrected chi connectivity index (χ3v) is 2.16. The average molecular weight is 247 g/mol. The molecule has 0 radical (unpaired) electrons. The lowest BCUT2D eigenvalue weighted by molar-refractivity contribution is -0.138. The Kier molecular flexibility index (Phi) is 5.11. The fourth-order valence-electron chi connectivity index (χ4n) is 1.42. The molecule has 0 aliphatic rings. The molecule has 4 heteroatoms. The third kappa shape index (κ3) is 3.73. The van der Waals surface area contributed by atoms with E-state index in [2.05, 4.69) is 0 Å². The van der Waals surface area contributed by atoms with Crippen LogP contribution in [0.1, 0.15) is 17.3 Å². The number of rotatable bonds is 5. The van der Waals surface area contributed by atoms with Crippen LogP contribution in [0.25, 0.3) is 0 Å². The molecule has 1 aromatic carbocycles. The molecule has 0 amide bonds. The van der Waals surface area contributed by atoms with Crippen molar-refractivity contribution in [2.24, 2.45) is 0 Å². The number of ketones is 1. The van der Waals surface area contributed by atoms with Crippen molar-refractivity contribution in [3.05, 3.63) is 47.7 Å². The molecule has 18 heavy (non-hydrogen) atoms. The third-order valence-electron chi connectivity index (χ3n) is 2.16. The molecule has 1 aromatic rings. The van der Waals surface area contributed by atoms with Gasteiger partial charge in [-0.05, 0) is 6.92 Å².